The third kappa shape index (κ3) is 3.58. The van der Waals surface area contributed by atoms with Gasteiger partial charge in [-0.2, -0.15) is 0 Å². The quantitative estimate of drug-likeness (QED) is 0.536. The Morgan fingerprint density at radius 1 is 1.32 bits per heavy atom. The van der Waals surface area contributed by atoms with E-state index in [-0.39, 0.29) is 47.9 Å². The van der Waals surface area contributed by atoms with Gasteiger partial charge in [0.2, 0.25) is 5.89 Å². The van der Waals surface area contributed by atoms with Crippen LogP contribution >= 0.6 is 0 Å². The number of benzene rings is 1. The van der Waals surface area contributed by atoms with Crippen molar-refractivity contribution >= 4 is 12.3 Å². The van der Waals surface area contributed by atoms with E-state index in [1.807, 2.05) is 0 Å². The van der Waals surface area contributed by atoms with Crippen LogP contribution in [-0.2, 0) is 27.1 Å². The number of ether oxygens (including phenoxy) is 2. The largest absolute Gasteiger partial charge is 0.469 e. The summed E-state index contributed by atoms with van der Waals surface area (Å²) >= 11 is 0. The second-order valence-electron chi connectivity index (χ2n) is 7.40. The molecule has 1 aromatic carbocycles. The number of carbonyl (C=O) groups is 2. The molecule has 0 radical (unpaired) electrons. The van der Waals surface area contributed by atoms with Gasteiger partial charge in [0.05, 0.1) is 25.2 Å². The number of rotatable bonds is 7. The molecule has 4 rings (SSSR count). The fourth-order valence-electron chi connectivity index (χ4n) is 4.50. The second-order valence-corrected chi connectivity index (χ2v) is 7.40. The van der Waals surface area contributed by atoms with Crippen LogP contribution in [0.5, 0.6) is 0 Å². The van der Waals surface area contributed by atoms with E-state index in [1.54, 1.807) is 6.07 Å². The van der Waals surface area contributed by atoms with Crippen molar-refractivity contribution < 1.29 is 27.9 Å². The number of halogens is 1. The number of hydrogen-bond acceptors (Lipinski definition) is 6. The van der Waals surface area contributed by atoms with E-state index in [4.69, 9.17) is 13.9 Å². The minimum atomic E-state index is -0.309. The van der Waals surface area contributed by atoms with Crippen molar-refractivity contribution in [1.82, 2.24) is 4.98 Å². The number of nitrogens with zero attached hydrogens (tertiary/aromatic N) is 1. The Kier molecular flexibility index (Phi) is 5.26. The molecule has 0 saturated carbocycles. The maximum Gasteiger partial charge on any atom is 0.305 e. The molecule has 0 spiro atoms. The van der Waals surface area contributed by atoms with Gasteiger partial charge in [-0.1, -0.05) is 6.07 Å². The summed E-state index contributed by atoms with van der Waals surface area (Å²) in [4.78, 5) is 26.8. The fraction of sp³-hybridized carbons (Fsp3) is 0.476. The maximum atomic E-state index is 14.0. The molecule has 0 amide bonds. The van der Waals surface area contributed by atoms with Crippen molar-refractivity contribution in [3.8, 4) is 0 Å². The summed E-state index contributed by atoms with van der Waals surface area (Å²) in [6.07, 6.45) is 5.26. The molecule has 28 heavy (non-hydrogen) atoms. The van der Waals surface area contributed by atoms with Crippen molar-refractivity contribution in [2.75, 3.05) is 7.11 Å². The van der Waals surface area contributed by atoms with E-state index >= 15 is 0 Å². The number of aryl methyl sites for hydroxylation is 1. The van der Waals surface area contributed by atoms with E-state index in [2.05, 4.69) is 4.98 Å². The maximum absolute atomic E-state index is 14.0. The van der Waals surface area contributed by atoms with Crippen LogP contribution < -0.4 is 0 Å². The molecule has 6 nitrogen and oxygen atoms in total. The highest BCUT2D eigenvalue weighted by Gasteiger charge is 2.51. The molecule has 2 fully saturated rings. The van der Waals surface area contributed by atoms with Gasteiger partial charge in [-0.25, -0.2) is 9.37 Å². The highest BCUT2D eigenvalue weighted by Crippen LogP contribution is 2.49. The molecule has 2 aliphatic heterocycles. The van der Waals surface area contributed by atoms with Crippen LogP contribution in [0.4, 0.5) is 4.39 Å². The Labute approximate surface area is 162 Å². The zero-order valence-electron chi connectivity index (χ0n) is 15.6. The van der Waals surface area contributed by atoms with Crippen LogP contribution in [0, 0.1) is 11.7 Å². The van der Waals surface area contributed by atoms with Gasteiger partial charge in [0, 0.05) is 12.3 Å². The average molecular weight is 387 g/mol. The molecule has 4 atom stereocenters. The van der Waals surface area contributed by atoms with Crippen molar-refractivity contribution in [1.29, 1.82) is 0 Å². The van der Waals surface area contributed by atoms with E-state index in [0.717, 1.165) is 24.0 Å². The van der Waals surface area contributed by atoms with Crippen molar-refractivity contribution in [3.63, 3.8) is 0 Å². The molecule has 4 unspecified atom stereocenters. The van der Waals surface area contributed by atoms with Crippen LogP contribution in [0.2, 0.25) is 0 Å². The highest BCUT2D eigenvalue weighted by atomic mass is 19.1. The SMILES string of the molecule is COC(=O)CCc1ccc(F)cc1CC1C2CCC(O2)C1c1nc(C=O)co1. The van der Waals surface area contributed by atoms with E-state index in [0.29, 0.717) is 25.0 Å². The van der Waals surface area contributed by atoms with E-state index in [9.17, 15) is 14.0 Å². The molecule has 0 N–H and O–H groups in total. The average Bonchev–Trinajstić information content (AvgIpc) is 3.43. The van der Waals surface area contributed by atoms with Gasteiger partial charge in [-0.3, -0.25) is 9.59 Å². The molecule has 0 aliphatic carbocycles. The third-order valence-corrected chi connectivity index (χ3v) is 5.82. The summed E-state index contributed by atoms with van der Waals surface area (Å²) in [7, 11) is 1.36. The molecule has 2 saturated heterocycles. The Morgan fingerprint density at radius 2 is 2.14 bits per heavy atom. The van der Waals surface area contributed by atoms with Crippen LogP contribution in [-0.4, -0.2) is 36.6 Å². The summed E-state index contributed by atoms with van der Waals surface area (Å²) in [6, 6.07) is 4.67. The van der Waals surface area contributed by atoms with Gasteiger partial charge < -0.3 is 13.9 Å². The third-order valence-electron chi connectivity index (χ3n) is 5.82. The van der Waals surface area contributed by atoms with Crippen molar-refractivity contribution in [3.05, 3.63) is 53.0 Å². The molecule has 2 aliphatic rings. The van der Waals surface area contributed by atoms with Crippen LogP contribution in [0.25, 0.3) is 0 Å². The Morgan fingerprint density at radius 3 is 2.89 bits per heavy atom. The lowest BCUT2D eigenvalue weighted by atomic mass is 9.75. The number of hydrogen-bond donors (Lipinski definition) is 0. The second kappa shape index (κ2) is 7.83. The summed E-state index contributed by atoms with van der Waals surface area (Å²) in [6.45, 7) is 0. The number of fused-ring (bicyclic) bond motifs is 2. The van der Waals surface area contributed by atoms with Crippen molar-refractivity contribution in [2.45, 2.75) is 50.2 Å². The standard InChI is InChI=1S/C21H22FNO5/c1-26-19(25)7-3-12-2-4-14(22)8-13(12)9-16-17-5-6-18(28-17)20(16)21-23-15(10-24)11-27-21/h2,4,8,10-11,16-18,20H,3,5-7,9H2,1H3. The van der Waals surface area contributed by atoms with Gasteiger partial charge in [-0.15, -0.1) is 0 Å². The molecule has 2 aromatic rings. The number of esters is 1. The van der Waals surface area contributed by atoms with Gasteiger partial charge in [0.25, 0.3) is 0 Å². The minimum absolute atomic E-state index is 0.000213. The number of aldehydes is 1. The van der Waals surface area contributed by atoms with Crippen LogP contribution in [0.3, 0.4) is 0 Å². The summed E-state index contributed by atoms with van der Waals surface area (Å²) in [5.74, 6) is -0.0824. The highest BCUT2D eigenvalue weighted by molar-refractivity contribution is 5.70. The first-order valence-electron chi connectivity index (χ1n) is 9.49. The first kappa shape index (κ1) is 18.8. The number of methoxy groups -OCH3 is 1. The van der Waals surface area contributed by atoms with Crippen LogP contribution in [0.1, 0.15) is 52.7 Å². The first-order valence-corrected chi connectivity index (χ1v) is 9.49. The van der Waals surface area contributed by atoms with Crippen molar-refractivity contribution in [2.24, 2.45) is 5.92 Å². The molecule has 3 heterocycles. The normalized spacial score (nSPS) is 25.8. The van der Waals surface area contributed by atoms with Gasteiger partial charge >= 0.3 is 5.97 Å². The van der Waals surface area contributed by atoms with Crippen LogP contribution in [0.15, 0.2) is 28.9 Å². The smallest absolute Gasteiger partial charge is 0.305 e. The molecular weight excluding hydrogens is 365 g/mol. The Hall–Kier alpha value is -2.54. The lowest BCUT2D eigenvalue weighted by Gasteiger charge is -2.26. The lowest BCUT2D eigenvalue weighted by molar-refractivity contribution is -0.140. The van der Waals surface area contributed by atoms with Gasteiger partial charge in [0.1, 0.15) is 17.8 Å². The lowest BCUT2D eigenvalue weighted by Crippen LogP contribution is -2.28. The monoisotopic (exact) mass is 387 g/mol. The molecule has 1 aromatic heterocycles. The fourth-order valence-corrected chi connectivity index (χ4v) is 4.50. The van der Waals surface area contributed by atoms with Gasteiger partial charge in [-0.05, 0) is 48.9 Å². The summed E-state index contributed by atoms with van der Waals surface area (Å²) in [5.41, 5.74) is 2.05. The zero-order chi connectivity index (χ0) is 19.7. The Bertz CT molecular complexity index is 879. The topological polar surface area (TPSA) is 78.6 Å². The number of carbonyl (C=O) groups excluding carboxylic acids is 2. The molecular formula is C21H22FNO5. The predicted molar refractivity (Wildman–Crippen MR) is 96.5 cm³/mol. The first-order chi connectivity index (χ1) is 13.6. The molecule has 2 bridgehead atoms. The van der Waals surface area contributed by atoms with E-state index < -0.39 is 0 Å². The molecule has 148 valence electrons. The number of oxazole rings is 1. The molecule has 7 heteroatoms. The summed E-state index contributed by atoms with van der Waals surface area (Å²) < 4.78 is 30.3. The summed E-state index contributed by atoms with van der Waals surface area (Å²) in [5, 5.41) is 0. The Balaban J connectivity index is 1.59. The minimum Gasteiger partial charge on any atom is -0.469 e. The van der Waals surface area contributed by atoms with E-state index in [1.165, 1.54) is 25.5 Å². The number of aromatic nitrogens is 1. The zero-order valence-corrected chi connectivity index (χ0v) is 15.6. The predicted octanol–water partition coefficient (Wildman–Crippen LogP) is 3.24. The van der Waals surface area contributed by atoms with Gasteiger partial charge in [0.15, 0.2) is 6.29 Å².